The molecule has 0 N–H and O–H groups in total. The molecule has 4 aromatic carbocycles. The van der Waals surface area contributed by atoms with Gasteiger partial charge in [-0.25, -0.2) is 14.6 Å². The average molecular weight is 823 g/mol. The highest BCUT2D eigenvalue weighted by molar-refractivity contribution is 5.94. The molecule has 0 saturated carbocycles. The van der Waals surface area contributed by atoms with E-state index in [1.165, 1.54) is 33.6 Å². The molecule has 314 valence electrons. The first-order chi connectivity index (χ1) is 29.5. The summed E-state index contributed by atoms with van der Waals surface area (Å²) in [6.07, 6.45) is 7.73. The minimum absolute atomic E-state index is 0.0272. The van der Waals surface area contributed by atoms with E-state index in [0.29, 0.717) is 11.1 Å². The molecule has 0 bridgehead atoms. The summed E-state index contributed by atoms with van der Waals surface area (Å²) >= 11 is 0. The lowest BCUT2D eigenvalue weighted by Crippen LogP contribution is -2.44. The molecule has 8 nitrogen and oxygen atoms in total. The van der Waals surface area contributed by atoms with E-state index in [2.05, 4.69) is 82.3 Å². The minimum Gasteiger partial charge on any atom is -0.422 e. The molecule has 4 aliphatic heterocycles. The highest BCUT2D eigenvalue weighted by Gasteiger charge is 2.43. The second kappa shape index (κ2) is 13.2. The molecular formula is C54H54N4O4. The Morgan fingerprint density at radius 3 is 1.23 bits per heavy atom. The molecule has 3 aromatic heterocycles. The number of nitrogens with zero attached hydrogens (tertiary/aromatic N) is 4. The van der Waals surface area contributed by atoms with Gasteiger partial charge in [0.25, 0.3) is 0 Å². The van der Waals surface area contributed by atoms with E-state index in [4.69, 9.17) is 13.8 Å². The Morgan fingerprint density at radius 1 is 0.484 bits per heavy atom. The normalized spacial score (nSPS) is 19.0. The molecule has 7 heterocycles. The van der Waals surface area contributed by atoms with Crippen LogP contribution in [0.4, 0.5) is 11.4 Å². The fourth-order valence-electron chi connectivity index (χ4n) is 11.0. The van der Waals surface area contributed by atoms with Crippen LogP contribution in [-0.4, -0.2) is 36.1 Å². The van der Waals surface area contributed by atoms with Gasteiger partial charge < -0.3 is 18.6 Å². The third-order valence-corrected chi connectivity index (χ3v) is 15.1. The van der Waals surface area contributed by atoms with Crippen molar-refractivity contribution in [3.63, 3.8) is 0 Å². The molecule has 0 radical (unpaired) electrons. The predicted molar refractivity (Wildman–Crippen MR) is 251 cm³/mol. The summed E-state index contributed by atoms with van der Waals surface area (Å²) in [5.41, 5.74) is 14.1. The maximum absolute atomic E-state index is 13.8. The van der Waals surface area contributed by atoms with Crippen LogP contribution in [0.25, 0.3) is 66.7 Å². The van der Waals surface area contributed by atoms with Gasteiger partial charge in [-0.05, 0) is 93.9 Å². The summed E-state index contributed by atoms with van der Waals surface area (Å²) in [7, 11) is 0. The summed E-state index contributed by atoms with van der Waals surface area (Å²) in [4.78, 5) is 42.1. The third-order valence-electron chi connectivity index (χ3n) is 15.1. The summed E-state index contributed by atoms with van der Waals surface area (Å²) in [5, 5.41) is 1.95. The third kappa shape index (κ3) is 5.92. The lowest BCUT2D eigenvalue weighted by atomic mass is 9.69. The Kier molecular flexibility index (Phi) is 8.30. The molecule has 0 aliphatic carbocycles. The maximum Gasteiger partial charge on any atom is 0.344 e. The first-order valence-corrected chi connectivity index (χ1v) is 22.3. The fourth-order valence-corrected chi connectivity index (χ4v) is 11.0. The van der Waals surface area contributed by atoms with Crippen molar-refractivity contribution in [1.29, 1.82) is 0 Å². The van der Waals surface area contributed by atoms with Crippen molar-refractivity contribution in [3.8, 4) is 44.8 Å². The van der Waals surface area contributed by atoms with Crippen LogP contribution in [0.1, 0.15) is 103 Å². The Balaban J connectivity index is 0.899. The van der Waals surface area contributed by atoms with Gasteiger partial charge in [0.1, 0.15) is 11.2 Å². The van der Waals surface area contributed by atoms with Crippen LogP contribution in [0.3, 0.4) is 0 Å². The highest BCUT2D eigenvalue weighted by Crippen LogP contribution is 2.53. The van der Waals surface area contributed by atoms with Gasteiger partial charge in [0.15, 0.2) is 0 Å². The zero-order valence-corrected chi connectivity index (χ0v) is 37.2. The molecular weight excluding hydrogens is 769 g/mol. The van der Waals surface area contributed by atoms with E-state index in [1.807, 2.05) is 60.7 Å². The molecule has 0 fully saturated rings. The fraction of sp³-hybridized carbons (Fsp3) is 0.370. The van der Waals surface area contributed by atoms with Crippen molar-refractivity contribution >= 4 is 33.3 Å². The van der Waals surface area contributed by atoms with Crippen LogP contribution in [-0.2, 0) is 21.7 Å². The zero-order valence-electron chi connectivity index (χ0n) is 37.2. The molecule has 0 spiro atoms. The molecule has 11 rings (SSSR count). The summed E-state index contributed by atoms with van der Waals surface area (Å²) < 4.78 is 12.6. The lowest BCUT2D eigenvalue weighted by Gasteiger charge is -2.48. The van der Waals surface area contributed by atoms with Crippen molar-refractivity contribution in [2.75, 3.05) is 36.0 Å². The van der Waals surface area contributed by atoms with Gasteiger partial charge in [-0.2, -0.15) is 0 Å². The van der Waals surface area contributed by atoms with Crippen LogP contribution < -0.4 is 21.1 Å². The number of hydrogen-bond acceptors (Lipinski definition) is 8. The number of fused-ring (bicyclic) bond motifs is 4. The minimum atomic E-state index is -0.330. The molecule has 0 unspecified atom stereocenters. The molecule has 0 amide bonds. The number of aromatic nitrogens is 2. The Morgan fingerprint density at radius 2 is 0.839 bits per heavy atom. The van der Waals surface area contributed by atoms with Gasteiger partial charge in [-0.3, -0.25) is 4.98 Å². The second-order valence-corrected chi connectivity index (χ2v) is 21.0. The molecule has 8 heteroatoms. The van der Waals surface area contributed by atoms with Gasteiger partial charge in [0.2, 0.25) is 0 Å². The number of anilines is 2. The van der Waals surface area contributed by atoms with Gasteiger partial charge in [-0.1, -0.05) is 104 Å². The van der Waals surface area contributed by atoms with Gasteiger partial charge in [0, 0.05) is 70.6 Å². The lowest BCUT2D eigenvalue weighted by molar-refractivity contribution is 0.398. The van der Waals surface area contributed by atoms with E-state index >= 15 is 0 Å². The standard InChI is InChI=1S/C54H54N4O4/c1-51(2)17-21-57-23-19-53(5,6)43-45(57)39(51)27-35-25-37(49(59)61-47(35)43)31-9-13-33(14-10-31)41-29-55-30-42(56-41)34-15-11-32(12-16-34)38-26-36-28-40-46-44(48(36)62-50(38)60)54(7,8)20-24-58(46)22-18-52(40,3)4/h9-16,25-30H,17-24H2,1-8H3. The Labute approximate surface area is 362 Å². The SMILES string of the molecule is CC1(C)CCN2CCC(C)(C)c3c2c1cc1cc(-c2ccc(-c4cncc(-c5ccc(-c6cc7cc8c9c(c7oc6=O)C(C)(C)CCN9CCC8(C)C)cc5)n4)cc2)c(=O)oc31. The Hall–Kier alpha value is -6.02. The molecule has 62 heavy (non-hydrogen) atoms. The first-order valence-electron chi connectivity index (χ1n) is 22.3. The average Bonchev–Trinajstić information content (AvgIpc) is 3.24. The second-order valence-electron chi connectivity index (χ2n) is 21.0. The van der Waals surface area contributed by atoms with E-state index in [0.717, 1.165) is 107 Å². The highest BCUT2D eigenvalue weighted by atomic mass is 16.4. The number of hydrogen-bond donors (Lipinski definition) is 0. The van der Waals surface area contributed by atoms with Crippen LogP contribution in [0, 0.1) is 0 Å². The summed E-state index contributed by atoms with van der Waals surface area (Å²) in [6.45, 7) is 22.5. The van der Waals surface area contributed by atoms with Crippen molar-refractivity contribution in [2.45, 2.75) is 103 Å². The summed E-state index contributed by atoms with van der Waals surface area (Å²) in [6, 6.07) is 24.4. The van der Waals surface area contributed by atoms with Crippen LogP contribution >= 0.6 is 0 Å². The molecule has 0 atom stereocenters. The smallest absolute Gasteiger partial charge is 0.344 e. The topological polar surface area (TPSA) is 92.7 Å². The van der Waals surface area contributed by atoms with Crippen molar-refractivity contribution in [3.05, 3.63) is 128 Å². The van der Waals surface area contributed by atoms with Crippen LogP contribution in [0.5, 0.6) is 0 Å². The molecule has 0 saturated heterocycles. The number of rotatable bonds is 4. The van der Waals surface area contributed by atoms with Crippen LogP contribution in [0.15, 0.2) is 104 Å². The van der Waals surface area contributed by atoms with E-state index in [9.17, 15) is 9.59 Å². The largest absolute Gasteiger partial charge is 0.422 e. The van der Waals surface area contributed by atoms with Crippen LogP contribution in [0.2, 0.25) is 0 Å². The van der Waals surface area contributed by atoms with E-state index < -0.39 is 0 Å². The van der Waals surface area contributed by atoms with E-state index in [-0.39, 0.29) is 32.9 Å². The molecule has 7 aromatic rings. The van der Waals surface area contributed by atoms with Gasteiger partial charge in [0.05, 0.1) is 34.9 Å². The first kappa shape index (κ1) is 38.9. The van der Waals surface area contributed by atoms with Crippen molar-refractivity contribution in [2.24, 2.45) is 0 Å². The van der Waals surface area contributed by atoms with Gasteiger partial charge >= 0.3 is 11.3 Å². The quantitative estimate of drug-likeness (QED) is 0.162. The monoisotopic (exact) mass is 822 g/mol. The Bertz CT molecular complexity index is 2920. The van der Waals surface area contributed by atoms with Crippen molar-refractivity contribution < 1.29 is 8.83 Å². The number of benzene rings is 4. The maximum atomic E-state index is 13.8. The van der Waals surface area contributed by atoms with Gasteiger partial charge in [-0.15, -0.1) is 0 Å². The molecule has 4 aliphatic rings. The van der Waals surface area contributed by atoms with E-state index in [1.54, 1.807) is 12.4 Å². The van der Waals surface area contributed by atoms with Crippen molar-refractivity contribution in [1.82, 2.24) is 9.97 Å². The summed E-state index contributed by atoms with van der Waals surface area (Å²) in [5.74, 6) is 0. The predicted octanol–water partition coefficient (Wildman–Crippen LogP) is 11.7. The zero-order chi connectivity index (χ0) is 43.1.